The first kappa shape index (κ1) is 28.2. The molecule has 1 aromatic carbocycles. The largest absolute Gasteiger partial charge is 0.462 e. The Bertz CT molecular complexity index is 626. The monoisotopic (exact) mass is 446 g/mol. The van der Waals surface area contributed by atoms with Crippen LogP contribution in [0, 0.1) is 0 Å². The van der Waals surface area contributed by atoms with Gasteiger partial charge in [0, 0.05) is 0 Å². The van der Waals surface area contributed by atoms with Crippen molar-refractivity contribution in [3.63, 3.8) is 0 Å². The van der Waals surface area contributed by atoms with Gasteiger partial charge >= 0.3 is 11.9 Å². The van der Waals surface area contributed by atoms with E-state index in [-0.39, 0.29) is 18.0 Å². The standard InChI is InChI=1S/C28H46O4/c1-4-6-8-9-10-11-12-13-14-15-16-17-22-31-27(29)25-20-18-21-26(23-25)28(30)32-24(3)19-7-5-2/h18,20-21,23-24H,4-17,19,22H2,1-3H3. The van der Waals surface area contributed by atoms with E-state index in [2.05, 4.69) is 13.8 Å². The molecule has 0 aromatic heterocycles. The van der Waals surface area contributed by atoms with Crippen LogP contribution < -0.4 is 0 Å². The summed E-state index contributed by atoms with van der Waals surface area (Å²) in [5.74, 6) is -0.758. The molecule has 1 rings (SSSR count). The molecule has 4 nitrogen and oxygen atoms in total. The SMILES string of the molecule is CCCCCCCCCCCCCCOC(=O)c1cccc(C(=O)OC(C)CCCC)c1. The molecule has 0 aliphatic heterocycles. The zero-order chi connectivity index (χ0) is 23.4. The normalized spacial score (nSPS) is 11.8. The smallest absolute Gasteiger partial charge is 0.338 e. The molecule has 182 valence electrons. The van der Waals surface area contributed by atoms with Gasteiger partial charge in [-0.05, 0) is 38.0 Å². The molecule has 0 fully saturated rings. The molecule has 0 heterocycles. The number of carbonyl (C=O) groups is 2. The number of carbonyl (C=O) groups excluding carboxylic acids is 2. The van der Waals surface area contributed by atoms with Crippen LogP contribution in [0.1, 0.15) is 138 Å². The first-order valence-electron chi connectivity index (χ1n) is 13.1. The van der Waals surface area contributed by atoms with Crippen molar-refractivity contribution < 1.29 is 19.1 Å². The molecule has 1 aromatic rings. The van der Waals surface area contributed by atoms with Gasteiger partial charge in [0.1, 0.15) is 0 Å². The molecule has 1 atom stereocenters. The van der Waals surface area contributed by atoms with Crippen molar-refractivity contribution in [2.75, 3.05) is 6.61 Å². The summed E-state index contributed by atoms with van der Waals surface area (Å²) in [4.78, 5) is 24.6. The average molecular weight is 447 g/mol. The van der Waals surface area contributed by atoms with Crippen LogP contribution in [0.2, 0.25) is 0 Å². The maximum absolute atomic E-state index is 12.3. The first-order valence-corrected chi connectivity index (χ1v) is 13.1. The lowest BCUT2D eigenvalue weighted by molar-refractivity contribution is 0.0320. The quantitative estimate of drug-likeness (QED) is 0.158. The van der Waals surface area contributed by atoms with E-state index in [1.165, 1.54) is 64.2 Å². The van der Waals surface area contributed by atoms with E-state index in [1.54, 1.807) is 24.3 Å². The number of ether oxygens (including phenoxy) is 2. The van der Waals surface area contributed by atoms with Crippen molar-refractivity contribution >= 4 is 11.9 Å². The molecule has 0 aliphatic carbocycles. The fraction of sp³-hybridized carbons (Fsp3) is 0.714. The van der Waals surface area contributed by atoms with Crippen molar-refractivity contribution in [2.45, 2.75) is 123 Å². The highest BCUT2D eigenvalue weighted by Crippen LogP contribution is 2.14. The zero-order valence-corrected chi connectivity index (χ0v) is 20.8. The fourth-order valence-corrected chi connectivity index (χ4v) is 3.77. The van der Waals surface area contributed by atoms with Crippen LogP contribution in [0.3, 0.4) is 0 Å². The molecule has 0 amide bonds. The lowest BCUT2D eigenvalue weighted by atomic mass is 10.1. The first-order chi connectivity index (χ1) is 15.6. The van der Waals surface area contributed by atoms with Crippen molar-refractivity contribution in [3.05, 3.63) is 35.4 Å². The van der Waals surface area contributed by atoms with Crippen LogP contribution in [0.4, 0.5) is 0 Å². The van der Waals surface area contributed by atoms with Gasteiger partial charge in [-0.1, -0.05) is 103 Å². The summed E-state index contributed by atoms with van der Waals surface area (Å²) in [6.45, 7) is 6.70. The van der Waals surface area contributed by atoms with E-state index < -0.39 is 0 Å². The minimum absolute atomic E-state index is 0.121. The summed E-state index contributed by atoms with van der Waals surface area (Å²) >= 11 is 0. The molecular formula is C28H46O4. The topological polar surface area (TPSA) is 52.6 Å². The number of unbranched alkanes of at least 4 members (excludes halogenated alkanes) is 12. The van der Waals surface area contributed by atoms with Gasteiger partial charge in [-0.15, -0.1) is 0 Å². The molecule has 0 saturated heterocycles. The number of esters is 2. The Labute approximate surface area is 196 Å². The van der Waals surface area contributed by atoms with Gasteiger partial charge < -0.3 is 9.47 Å². The van der Waals surface area contributed by atoms with Gasteiger partial charge in [-0.3, -0.25) is 0 Å². The minimum Gasteiger partial charge on any atom is -0.462 e. The van der Waals surface area contributed by atoms with Crippen molar-refractivity contribution in [1.29, 1.82) is 0 Å². The molecule has 0 N–H and O–H groups in total. The second kappa shape index (κ2) is 18.7. The van der Waals surface area contributed by atoms with Crippen LogP contribution in [0.5, 0.6) is 0 Å². The third-order valence-corrected chi connectivity index (χ3v) is 5.84. The van der Waals surface area contributed by atoms with Crippen LogP contribution in [-0.2, 0) is 9.47 Å². The highest BCUT2D eigenvalue weighted by atomic mass is 16.5. The second-order valence-corrected chi connectivity index (χ2v) is 8.96. The fourth-order valence-electron chi connectivity index (χ4n) is 3.77. The summed E-state index contributed by atoms with van der Waals surface area (Å²) in [6, 6.07) is 6.63. The van der Waals surface area contributed by atoms with E-state index in [9.17, 15) is 9.59 Å². The summed E-state index contributed by atoms with van der Waals surface area (Å²) in [5, 5.41) is 0. The minimum atomic E-state index is -0.385. The lowest BCUT2D eigenvalue weighted by Gasteiger charge is -2.13. The van der Waals surface area contributed by atoms with Crippen LogP contribution in [0.25, 0.3) is 0 Å². The van der Waals surface area contributed by atoms with E-state index in [4.69, 9.17) is 9.47 Å². The van der Waals surface area contributed by atoms with Gasteiger partial charge in [0.25, 0.3) is 0 Å². The Morgan fingerprint density at radius 1 is 0.719 bits per heavy atom. The average Bonchev–Trinajstić information content (AvgIpc) is 2.80. The predicted molar refractivity (Wildman–Crippen MR) is 132 cm³/mol. The van der Waals surface area contributed by atoms with Gasteiger partial charge in [0.15, 0.2) is 0 Å². The predicted octanol–water partition coefficient (Wildman–Crippen LogP) is 8.28. The highest BCUT2D eigenvalue weighted by Gasteiger charge is 2.15. The number of hydrogen-bond acceptors (Lipinski definition) is 4. The highest BCUT2D eigenvalue weighted by molar-refractivity contribution is 5.95. The number of benzene rings is 1. The number of rotatable bonds is 19. The van der Waals surface area contributed by atoms with E-state index in [0.29, 0.717) is 17.7 Å². The zero-order valence-electron chi connectivity index (χ0n) is 20.8. The van der Waals surface area contributed by atoms with Crippen LogP contribution in [0.15, 0.2) is 24.3 Å². The van der Waals surface area contributed by atoms with Crippen molar-refractivity contribution in [1.82, 2.24) is 0 Å². The Morgan fingerprint density at radius 2 is 1.22 bits per heavy atom. The lowest BCUT2D eigenvalue weighted by Crippen LogP contribution is -2.15. The molecule has 4 heteroatoms. The van der Waals surface area contributed by atoms with Crippen molar-refractivity contribution in [3.8, 4) is 0 Å². The third-order valence-electron chi connectivity index (χ3n) is 5.84. The summed E-state index contributed by atoms with van der Waals surface area (Å²) in [7, 11) is 0. The Hall–Kier alpha value is -1.84. The van der Waals surface area contributed by atoms with Crippen LogP contribution >= 0.6 is 0 Å². The summed E-state index contributed by atoms with van der Waals surface area (Å²) in [5.41, 5.74) is 0.799. The van der Waals surface area contributed by atoms with Gasteiger partial charge in [0.05, 0.1) is 23.8 Å². The molecule has 0 saturated carbocycles. The van der Waals surface area contributed by atoms with E-state index >= 15 is 0 Å². The van der Waals surface area contributed by atoms with Gasteiger partial charge in [-0.2, -0.15) is 0 Å². The third kappa shape index (κ3) is 13.5. The maximum Gasteiger partial charge on any atom is 0.338 e. The Kier molecular flexibility index (Phi) is 16.5. The molecule has 32 heavy (non-hydrogen) atoms. The molecule has 0 bridgehead atoms. The Balaban J connectivity index is 2.15. The molecule has 0 aliphatic rings. The number of hydrogen-bond donors (Lipinski definition) is 0. The van der Waals surface area contributed by atoms with Crippen LogP contribution in [-0.4, -0.2) is 24.6 Å². The van der Waals surface area contributed by atoms with Crippen molar-refractivity contribution in [2.24, 2.45) is 0 Å². The molecule has 0 radical (unpaired) electrons. The summed E-state index contributed by atoms with van der Waals surface area (Å²) < 4.78 is 10.9. The molecule has 1 unspecified atom stereocenters. The molecular weight excluding hydrogens is 400 g/mol. The molecule has 0 spiro atoms. The van der Waals surface area contributed by atoms with Gasteiger partial charge in [-0.25, -0.2) is 9.59 Å². The second-order valence-electron chi connectivity index (χ2n) is 8.96. The van der Waals surface area contributed by atoms with E-state index in [1.807, 2.05) is 6.92 Å². The summed E-state index contributed by atoms with van der Waals surface area (Å²) in [6.07, 6.45) is 18.1. The maximum atomic E-state index is 12.3. The van der Waals surface area contributed by atoms with Gasteiger partial charge in [0.2, 0.25) is 0 Å². The Morgan fingerprint density at radius 3 is 1.78 bits per heavy atom. The van der Waals surface area contributed by atoms with E-state index in [0.717, 1.165) is 32.1 Å².